The molecule has 0 heterocycles. The standard InChI is InChI=1S/C11H26N2Si/c1-8-9-10(14(5,6)7)12-13-11(2,3)4/h13H,8-9H2,1-7H3/b12-10-. The van der Waals surface area contributed by atoms with Crippen LogP contribution in [0.5, 0.6) is 0 Å². The average Bonchev–Trinajstić information content (AvgIpc) is 1.93. The van der Waals surface area contributed by atoms with E-state index < -0.39 is 8.07 Å². The minimum absolute atomic E-state index is 0.0820. The van der Waals surface area contributed by atoms with Gasteiger partial charge in [0, 0.05) is 10.9 Å². The molecule has 0 amide bonds. The first-order valence-electron chi connectivity index (χ1n) is 5.51. The van der Waals surface area contributed by atoms with Gasteiger partial charge >= 0.3 is 0 Å². The fraction of sp³-hybridized carbons (Fsp3) is 0.909. The lowest BCUT2D eigenvalue weighted by Crippen LogP contribution is -2.39. The highest BCUT2D eigenvalue weighted by Gasteiger charge is 2.21. The zero-order valence-electron chi connectivity index (χ0n) is 10.9. The average molecular weight is 214 g/mol. The summed E-state index contributed by atoms with van der Waals surface area (Å²) in [7, 11) is -1.22. The SMILES string of the molecule is CCC/C(=N/NC(C)(C)C)[Si](C)(C)C. The van der Waals surface area contributed by atoms with E-state index in [1.165, 1.54) is 11.8 Å². The van der Waals surface area contributed by atoms with Gasteiger partial charge in [0.25, 0.3) is 0 Å². The van der Waals surface area contributed by atoms with Crippen molar-refractivity contribution in [3.8, 4) is 0 Å². The van der Waals surface area contributed by atoms with Gasteiger partial charge in [0.15, 0.2) is 0 Å². The molecular formula is C11H26N2Si. The number of nitrogens with one attached hydrogen (secondary N) is 1. The molecule has 0 aliphatic rings. The predicted molar refractivity (Wildman–Crippen MR) is 68.6 cm³/mol. The molecule has 0 saturated heterocycles. The largest absolute Gasteiger partial charge is 0.305 e. The van der Waals surface area contributed by atoms with Crippen molar-refractivity contribution in [2.24, 2.45) is 5.10 Å². The maximum atomic E-state index is 4.58. The lowest BCUT2D eigenvalue weighted by atomic mass is 10.1. The normalized spacial score (nSPS) is 14.4. The van der Waals surface area contributed by atoms with Crippen molar-refractivity contribution in [1.29, 1.82) is 0 Å². The molecule has 0 rings (SSSR count). The van der Waals surface area contributed by atoms with E-state index in [1.807, 2.05) is 0 Å². The molecule has 3 heteroatoms. The van der Waals surface area contributed by atoms with Crippen LogP contribution in [0.1, 0.15) is 40.5 Å². The van der Waals surface area contributed by atoms with Crippen LogP contribution in [0.4, 0.5) is 0 Å². The maximum absolute atomic E-state index is 4.58. The molecule has 0 atom stereocenters. The van der Waals surface area contributed by atoms with E-state index in [9.17, 15) is 0 Å². The van der Waals surface area contributed by atoms with Gasteiger partial charge in [-0.1, -0.05) is 33.0 Å². The summed E-state index contributed by atoms with van der Waals surface area (Å²) in [5.41, 5.74) is 3.32. The minimum atomic E-state index is -1.22. The molecule has 0 aromatic rings. The van der Waals surface area contributed by atoms with E-state index in [1.54, 1.807) is 0 Å². The molecule has 0 radical (unpaired) electrons. The Balaban J connectivity index is 4.50. The first-order chi connectivity index (χ1) is 6.17. The molecular weight excluding hydrogens is 188 g/mol. The molecule has 84 valence electrons. The molecule has 0 bridgehead atoms. The van der Waals surface area contributed by atoms with Crippen LogP contribution in [0.25, 0.3) is 0 Å². The quantitative estimate of drug-likeness (QED) is 0.433. The summed E-state index contributed by atoms with van der Waals surface area (Å²) in [4.78, 5) is 0. The monoisotopic (exact) mass is 214 g/mol. The summed E-state index contributed by atoms with van der Waals surface area (Å²) in [5.74, 6) is 0. The highest BCUT2D eigenvalue weighted by molar-refractivity contribution is 7.04. The second-order valence-corrected chi connectivity index (χ2v) is 11.0. The fourth-order valence-electron chi connectivity index (χ4n) is 1.07. The molecule has 2 nitrogen and oxygen atoms in total. The van der Waals surface area contributed by atoms with E-state index in [0.717, 1.165) is 6.42 Å². The van der Waals surface area contributed by atoms with Crippen LogP contribution >= 0.6 is 0 Å². The molecule has 0 fully saturated rings. The van der Waals surface area contributed by atoms with Gasteiger partial charge in [-0.3, -0.25) is 0 Å². The molecule has 0 aromatic carbocycles. The zero-order valence-corrected chi connectivity index (χ0v) is 11.9. The number of hydrazone groups is 1. The van der Waals surface area contributed by atoms with Crippen molar-refractivity contribution in [3.05, 3.63) is 0 Å². The predicted octanol–water partition coefficient (Wildman–Crippen LogP) is 3.41. The molecule has 0 aliphatic carbocycles. The van der Waals surface area contributed by atoms with Gasteiger partial charge in [0.05, 0.1) is 8.07 Å². The topological polar surface area (TPSA) is 24.4 Å². The van der Waals surface area contributed by atoms with Crippen LogP contribution in [-0.4, -0.2) is 18.9 Å². The van der Waals surface area contributed by atoms with Crippen molar-refractivity contribution < 1.29 is 0 Å². The first-order valence-corrected chi connectivity index (χ1v) is 9.01. The Morgan fingerprint density at radius 3 is 2.00 bits per heavy atom. The highest BCUT2D eigenvalue weighted by atomic mass is 28.3. The highest BCUT2D eigenvalue weighted by Crippen LogP contribution is 2.10. The third-order valence-electron chi connectivity index (χ3n) is 1.88. The van der Waals surface area contributed by atoms with Crippen molar-refractivity contribution in [2.75, 3.05) is 0 Å². The van der Waals surface area contributed by atoms with Crippen LogP contribution in [0.15, 0.2) is 5.10 Å². The summed E-state index contributed by atoms with van der Waals surface area (Å²) < 4.78 is 0. The lowest BCUT2D eigenvalue weighted by Gasteiger charge is -2.23. The van der Waals surface area contributed by atoms with Crippen molar-refractivity contribution in [3.63, 3.8) is 0 Å². The molecule has 0 aromatic heterocycles. The van der Waals surface area contributed by atoms with Crippen LogP contribution in [0, 0.1) is 0 Å². The second-order valence-electron chi connectivity index (χ2n) is 5.92. The molecule has 0 aliphatic heterocycles. The Morgan fingerprint density at radius 2 is 1.71 bits per heavy atom. The van der Waals surface area contributed by atoms with Gasteiger partial charge in [0.1, 0.15) is 0 Å². The van der Waals surface area contributed by atoms with Gasteiger partial charge in [-0.15, -0.1) is 0 Å². The Morgan fingerprint density at radius 1 is 1.21 bits per heavy atom. The van der Waals surface area contributed by atoms with Crippen molar-refractivity contribution in [1.82, 2.24) is 5.43 Å². The van der Waals surface area contributed by atoms with Gasteiger partial charge < -0.3 is 5.43 Å². The summed E-state index contributed by atoms with van der Waals surface area (Å²) >= 11 is 0. The third kappa shape index (κ3) is 6.19. The Bertz CT molecular complexity index is 196. The van der Waals surface area contributed by atoms with Gasteiger partial charge in [0.2, 0.25) is 0 Å². The van der Waals surface area contributed by atoms with Gasteiger partial charge in [-0.2, -0.15) is 5.10 Å². The third-order valence-corrected chi connectivity index (χ3v) is 3.97. The van der Waals surface area contributed by atoms with Gasteiger partial charge in [-0.25, -0.2) is 0 Å². The second kappa shape index (κ2) is 4.96. The van der Waals surface area contributed by atoms with Crippen molar-refractivity contribution in [2.45, 2.75) is 65.7 Å². The van der Waals surface area contributed by atoms with Crippen LogP contribution < -0.4 is 5.43 Å². The molecule has 0 saturated carbocycles. The fourth-order valence-corrected chi connectivity index (χ4v) is 2.46. The Kier molecular flexibility index (Phi) is 4.85. The molecule has 0 spiro atoms. The van der Waals surface area contributed by atoms with Crippen LogP contribution in [-0.2, 0) is 0 Å². The maximum Gasteiger partial charge on any atom is 0.0982 e. The number of hydrogen-bond donors (Lipinski definition) is 1. The van der Waals surface area contributed by atoms with E-state index in [4.69, 9.17) is 0 Å². The van der Waals surface area contributed by atoms with E-state index in [2.05, 4.69) is 57.9 Å². The number of hydrogen-bond acceptors (Lipinski definition) is 2. The van der Waals surface area contributed by atoms with Gasteiger partial charge in [-0.05, 0) is 27.2 Å². The summed E-state index contributed by atoms with van der Waals surface area (Å²) in [5, 5.41) is 5.98. The number of rotatable bonds is 4. The summed E-state index contributed by atoms with van der Waals surface area (Å²) in [6.45, 7) is 15.7. The molecule has 1 N–H and O–H groups in total. The smallest absolute Gasteiger partial charge is 0.0982 e. The summed E-state index contributed by atoms with van der Waals surface area (Å²) in [6.07, 6.45) is 2.33. The van der Waals surface area contributed by atoms with E-state index in [0.29, 0.717) is 0 Å². The summed E-state index contributed by atoms with van der Waals surface area (Å²) in [6, 6.07) is 0. The van der Waals surface area contributed by atoms with E-state index in [-0.39, 0.29) is 5.54 Å². The number of nitrogens with zero attached hydrogens (tertiary/aromatic N) is 1. The van der Waals surface area contributed by atoms with Crippen LogP contribution in [0.3, 0.4) is 0 Å². The van der Waals surface area contributed by atoms with Crippen molar-refractivity contribution >= 4 is 13.4 Å². The molecule has 14 heavy (non-hydrogen) atoms. The van der Waals surface area contributed by atoms with E-state index >= 15 is 0 Å². The lowest BCUT2D eigenvalue weighted by molar-refractivity contribution is 0.441. The molecule has 0 unspecified atom stereocenters. The minimum Gasteiger partial charge on any atom is -0.305 e. The Labute approximate surface area is 90.2 Å². The first kappa shape index (κ1) is 13.7. The zero-order chi connectivity index (χ0) is 11.4. The van der Waals surface area contributed by atoms with Crippen LogP contribution in [0.2, 0.25) is 19.6 Å². The Hall–Kier alpha value is -0.313.